The second kappa shape index (κ2) is 11.1. The van der Waals surface area contributed by atoms with Gasteiger partial charge in [-0.3, -0.25) is 0 Å². The average Bonchev–Trinajstić information content (AvgIpc) is 3.18. The Morgan fingerprint density at radius 2 is 2.09 bits per heavy atom. The van der Waals surface area contributed by atoms with Crippen molar-refractivity contribution in [3.8, 4) is 28.4 Å². The van der Waals surface area contributed by atoms with Gasteiger partial charge < -0.3 is 29.7 Å². The molecule has 3 heterocycles. The number of nitrogens with one attached hydrogen (secondary N) is 2. The van der Waals surface area contributed by atoms with Crippen LogP contribution in [0.2, 0.25) is 0 Å². The van der Waals surface area contributed by atoms with Crippen molar-refractivity contribution in [2.24, 2.45) is 0 Å². The largest absolute Gasteiger partial charge is 0.491 e. The number of hydrogen-bond acceptors (Lipinski definition) is 9. The molecule has 0 bridgehead atoms. The van der Waals surface area contributed by atoms with Gasteiger partial charge in [0.05, 0.1) is 29.6 Å². The lowest BCUT2D eigenvalue weighted by molar-refractivity contribution is 0.0285. The molecular weight excluding hydrogens is 453 g/mol. The third-order valence-electron chi connectivity index (χ3n) is 6.00. The molecule has 1 unspecified atom stereocenters. The van der Waals surface area contributed by atoms with Crippen LogP contribution in [0.1, 0.15) is 23.4 Å². The van der Waals surface area contributed by atoms with E-state index in [-0.39, 0.29) is 13.2 Å². The van der Waals surface area contributed by atoms with Gasteiger partial charge in [0.25, 0.3) is 0 Å². The maximum atomic E-state index is 14.6. The van der Waals surface area contributed by atoms with Crippen LogP contribution in [0.25, 0.3) is 22.6 Å². The normalized spacial score (nSPS) is 18.9. The fourth-order valence-corrected chi connectivity index (χ4v) is 4.10. The van der Waals surface area contributed by atoms with Gasteiger partial charge in [0, 0.05) is 24.3 Å². The minimum Gasteiger partial charge on any atom is -0.491 e. The number of aliphatic hydroxyl groups excluding tert-OH is 1. The molecule has 35 heavy (non-hydrogen) atoms. The number of hydrogen-bond donors (Lipinski definition) is 3. The van der Waals surface area contributed by atoms with Crippen molar-refractivity contribution in [2.45, 2.75) is 45.5 Å². The maximum absolute atomic E-state index is 14.6. The van der Waals surface area contributed by atoms with Gasteiger partial charge in [-0.1, -0.05) is 17.3 Å². The smallest absolute Gasteiger partial charge is 0.162 e. The Balaban J connectivity index is 1.73. The van der Waals surface area contributed by atoms with Gasteiger partial charge in [-0.2, -0.15) is 0 Å². The molecule has 0 saturated carbocycles. The number of aliphatic hydroxyl groups is 1. The van der Waals surface area contributed by atoms with Crippen LogP contribution in [-0.4, -0.2) is 72.0 Å². The van der Waals surface area contributed by atoms with Crippen LogP contribution in [0.4, 0.5) is 10.2 Å². The van der Waals surface area contributed by atoms with Gasteiger partial charge in [0.15, 0.2) is 5.82 Å². The fourth-order valence-electron chi connectivity index (χ4n) is 4.10. The zero-order valence-corrected chi connectivity index (χ0v) is 20.5. The average molecular weight is 486 g/mol. The van der Waals surface area contributed by atoms with Crippen LogP contribution in [0.3, 0.4) is 0 Å². The first-order chi connectivity index (χ1) is 16.9. The van der Waals surface area contributed by atoms with Crippen molar-refractivity contribution in [2.75, 3.05) is 38.7 Å². The predicted octanol–water partition coefficient (Wildman–Crippen LogP) is 3.22. The first kappa shape index (κ1) is 25.0. The SMILES string of the molecule is CNCC(O)COc1cccc(-c2nc(N[C@@H]3CCOC[C@@H]3F)c(C)c(-c3c(C)noc3C)n2)c1. The summed E-state index contributed by atoms with van der Waals surface area (Å²) in [5.74, 6) is 2.24. The standard InChI is InChI=1S/C25H32FN5O4/c1-14-23(22-15(2)31-35-16(22)3)29-25(30-24(14)28-21-8-9-33-13-20(21)26)17-6-5-7-19(10-17)34-12-18(32)11-27-4/h5-7,10,18,20-21,27,32H,8-9,11-13H2,1-4H3,(H,28,29,30)/t18?,20-,21+/m0/s1. The summed E-state index contributed by atoms with van der Waals surface area (Å²) >= 11 is 0. The number of aromatic nitrogens is 3. The Morgan fingerprint density at radius 3 is 2.80 bits per heavy atom. The number of likely N-dealkylation sites (N-methyl/N-ethyl adjacent to an activating group) is 1. The van der Waals surface area contributed by atoms with E-state index >= 15 is 0 Å². The number of ether oxygens (including phenoxy) is 2. The summed E-state index contributed by atoms with van der Waals surface area (Å²) in [6, 6.07) is 6.95. The number of alkyl halides is 1. The molecule has 0 aliphatic carbocycles. The number of anilines is 1. The molecule has 188 valence electrons. The molecule has 1 aliphatic rings. The van der Waals surface area contributed by atoms with Crippen molar-refractivity contribution in [1.29, 1.82) is 0 Å². The van der Waals surface area contributed by atoms with Gasteiger partial charge >= 0.3 is 0 Å². The van der Waals surface area contributed by atoms with Gasteiger partial charge in [0.1, 0.15) is 36.2 Å². The molecule has 0 spiro atoms. The Kier molecular flexibility index (Phi) is 7.94. The molecule has 3 N–H and O–H groups in total. The summed E-state index contributed by atoms with van der Waals surface area (Å²) in [7, 11) is 1.77. The summed E-state index contributed by atoms with van der Waals surface area (Å²) < 4.78 is 31.0. The van der Waals surface area contributed by atoms with Gasteiger partial charge in [-0.25, -0.2) is 14.4 Å². The Hall–Kier alpha value is -3.08. The van der Waals surface area contributed by atoms with Crippen LogP contribution in [0.5, 0.6) is 5.75 Å². The van der Waals surface area contributed by atoms with Gasteiger partial charge in [0.2, 0.25) is 0 Å². The van der Waals surface area contributed by atoms with Crippen LogP contribution < -0.4 is 15.4 Å². The monoisotopic (exact) mass is 485 g/mol. The molecule has 3 aromatic rings. The number of halogens is 1. The highest BCUT2D eigenvalue weighted by atomic mass is 19.1. The highest BCUT2D eigenvalue weighted by Gasteiger charge is 2.28. The molecule has 10 heteroatoms. The summed E-state index contributed by atoms with van der Waals surface area (Å²) in [6.45, 7) is 6.74. The molecule has 2 aromatic heterocycles. The topological polar surface area (TPSA) is 115 Å². The molecular formula is C25H32FN5O4. The number of rotatable bonds is 9. The van der Waals surface area contributed by atoms with E-state index in [1.807, 2.05) is 45.0 Å². The van der Waals surface area contributed by atoms with Crippen LogP contribution in [-0.2, 0) is 4.74 Å². The molecule has 1 aromatic carbocycles. The molecule has 0 amide bonds. The van der Waals surface area contributed by atoms with Crippen molar-refractivity contribution in [3.63, 3.8) is 0 Å². The molecule has 1 fully saturated rings. The second-order valence-electron chi connectivity index (χ2n) is 8.75. The lowest BCUT2D eigenvalue weighted by atomic mass is 10.0. The third-order valence-corrected chi connectivity index (χ3v) is 6.00. The van der Waals surface area contributed by atoms with Crippen LogP contribution in [0, 0.1) is 20.8 Å². The maximum Gasteiger partial charge on any atom is 0.162 e. The van der Waals surface area contributed by atoms with Crippen molar-refractivity contribution < 1.29 is 23.5 Å². The first-order valence-electron chi connectivity index (χ1n) is 11.7. The second-order valence-corrected chi connectivity index (χ2v) is 8.75. The minimum absolute atomic E-state index is 0.0597. The highest BCUT2D eigenvalue weighted by molar-refractivity contribution is 5.74. The van der Waals surface area contributed by atoms with E-state index in [1.54, 1.807) is 7.05 Å². The number of aryl methyl sites for hydroxylation is 2. The lowest BCUT2D eigenvalue weighted by Gasteiger charge is -2.28. The van der Waals surface area contributed by atoms with E-state index in [0.717, 1.165) is 16.7 Å². The zero-order valence-electron chi connectivity index (χ0n) is 20.5. The number of benzene rings is 1. The van der Waals surface area contributed by atoms with Crippen LogP contribution >= 0.6 is 0 Å². The van der Waals surface area contributed by atoms with E-state index in [9.17, 15) is 9.50 Å². The molecule has 0 radical (unpaired) electrons. The minimum atomic E-state index is -1.13. The third kappa shape index (κ3) is 5.77. The summed E-state index contributed by atoms with van der Waals surface area (Å²) in [6.07, 6.45) is -1.22. The fraction of sp³-hybridized carbons (Fsp3) is 0.480. The predicted molar refractivity (Wildman–Crippen MR) is 130 cm³/mol. The quantitative estimate of drug-likeness (QED) is 0.420. The Bertz CT molecular complexity index is 1140. The van der Waals surface area contributed by atoms with Crippen molar-refractivity contribution in [3.05, 3.63) is 41.3 Å². The molecule has 1 saturated heterocycles. The Morgan fingerprint density at radius 1 is 1.26 bits per heavy atom. The van der Waals surface area contributed by atoms with E-state index in [2.05, 4.69) is 15.8 Å². The van der Waals surface area contributed by atoms with E-state index in [0.29, 0.717) is 54.1 Å². The highest BCUT2D eigenvalue weighted by Crippen LogP contribution is 2.34. The summed E-state index contributed by atoms with van der Waals surface area (Å²) in [5, 5.41) is 20.2. The molecule has 9 nitrogen and oxygen atoms in total. The molecule has 3 atom stereocenters. The zero-order chi connectivity index (χ0) is 24.9. The number of nitrogens with zero attached hydrogens (tertiary/aromatic N) is 3. The van der Waals surface area contributed by atoms with E-state index < -0.39 is 18.3 Å². The molecule has 1 aliphatic heterocycles. The Labute approximate surface area is 204 Å². The van der Waals surface area contributed by atoms with E-state index in [4.69, 9.17) is 24.0 Å². The summed E-state index contributed by atoms with van der Waals surface area (Å²) in [5.41, 5.74) is 3.69. The van der Waals surface area contributed by atoms with Gasteiger partial charge in [-0.15, -0.1) is 0 Å². The van der Waals surface area contributed by atoms with Gasteiger partial charge in [-0.05, 0) is 46.4 Å². The lowest BCUT2D eigenvalue weighted by Crippen LogP contribution is -2.39. The van der Waals surface area contributed by atoms with Crippen molar-refractivity contribution in [1.82, 2.24) is 20.4 Å². The summed E-state index contributed by atoms with van der Waals surface area (Å²) in [4.78, 5) is 9.63. The van der Waals surface area contributed by atoms with E-state index in [1.165, 1.54) is 0 Å². The van der Waals surface area contributed by atoms with Crippen LogP contribution in [0.15, 0.2) is 28.8 Å². The molecule has 4 rings (SSSR count). The first-order valence-corrected chi connectivity index (χ1v) is 11.7. The van der Waals surface area contributed by atoms with Crippen molar-refractivity contribution >= 4 is 5.82 Å².